The van der Waals surface area contributed by atoms with Crippen LogP contribution in [0.4, 0.5) is 11.4 Å². The summed E-state index contributed by atoms with van der Waals surface area (Å²) in [5, 5.41) is 5.32. The van der Waals surface area contributed by atoms with Gasteiger partial charge < -0.3 is 10.6 Å². The molecule has 0 unspecified atom stereocenters. The van der Waals surface area contributed by atoms with E-state index in [2.05, 4.69) is 35.9 Å². The zero-order valence-corrected chi connectivity index (χ0v) is 15.4. The molecule has 0 atom stereocenters. The summed E-state index contributed by atoms with van der Waals surface area (Å²) in [6.45, 7) is 2.96. The molecule has 0 saturated heterocycles. The average molecular weight is 398 g/mol. The van der Waals surface area contributed by atoms with Crippen molar-refractivity contribution in [1.82, 2.24) is 0 Å². The van der Waals surface area contributed by atoms with Gasteiger partial charge in [0, 0.05) is 52.1 Å². The second kappa shape index (κ2) is 11.2. The molecule has 0 aromatic heterocycles. The molecule has 2 aromatic carbocycles. The molecule has 2 rings (SSSR count). The van der Waals surface area contributed by atoms with Gasteiger partial charge in [-0.3, -0.25) is 9.59 Å². The van der Waals surface area contributed by atoms with Gasteiger partial charge in [0.1, 0.15) is 0 Å². The summed E-state index contributed by atoms with van der Waals surface area (Å²) in [7, 11) is 0. The Kier molecular flexibility index (Phi) is 10.5. The van der Waals surface area contributed by atoms with Crippen LogP contribution in [0.3, 0.4) is 0 Å². The Morgan fingerprint density at radius 1 is 0.696 bits per heavy atom. The van der Waals surface area contributed by atoms with Crippen molar-refractivity contribution in [1.29, 1.82) is 0 Å². The first-order chi connectivity index (χ1) is 10.4. The molecule has 2 N–H and O–H groups in total. The second-order valence-corrected chi connectivity index (χ2v) is 5.49. The van der Waals surface area contributed by atoms with Crippen molar-refractivity contribution in [3.63, 3.8) is 0 Å². The Bertz CT molecular complexity index is 574. The monoisotopic (exact) mass is 397 g/mol. The van der Waals surface area contributed by atoms with Crippen LogP contribution < -0.4 is 10.6 Å². The third kappa shape index (κ3) is 10.1. The number of anilines is 2. The van der Waals surface area contributed by atoms with Crippen LogP contribution in [-0.2, 0) is 26.7 Å². The van der Waals surface area contributed by atoms with Gasteiger partial charge in [-0.05, 0) is 48.5 Å². The Balaban J connectivity index is 0.000000403. The van der Waals surface area contributed by atoms with Crippen molar-refractivity contribution in [3.05, 3.63) is 48.5 Å². The molecule has 2 aromatic rings. The fraction of sp³-hybridized carbons (Fsp3) is 0.125. The van der Waals surface area contributed by atoms with Crippen molar-refractivity contribution >= 4 is 48.4 Å². The summed E-state index contributed by atoms with van der Waals surface area (Å²) in [5.74, 6) is -0.117. The first kappa shape index (κ1) is 21.6. The van der Waals surface area contributed by atoms with Crippen LogP contribution in [0, 0.1) is 0 Å². The molecule has 0 aliphatic rings. The van der Waals surface area contributed by atoms with E-state index in [0.29, 0.717) is 0 Å². The summed E-state index contributed by atoms with van der Waals surface area (Å²) >= 11 is 8.22. The standard InChI is InChI=1S/2C8H9NOS.Cu/c2*1-6(10)9-7-2-4-8(11)5-3-7;/h2*2-5,11H,1H3,(H,9,10);. The van der Waals surface area contributed by atoms with Gasteiger partial charge in [0.05, 0.1) is 0 Å². The van der Waals surface area contributed by atoms with E-state index in [0.717, 1.165) is 21.2 Å². The van der Waals surface area contributed by atoms with Gasteiger partial charge in [-0.25, -0.2) is 0 Å². The normalized spacial score (nSPS) is 8.87. The summed E-state index contributed by atoms with van der Waals surface area (Å²) in [6.07, 6.45) is 0. The molecule has 0 spiro atoms. The molecular weight excluding hydrogens is 380 g/mol. The van der Waals surface area contributed by atoms with Crippen LogP contribution in [0.5, 0.6) is 0 Å². The van der Waals surface area contributed by atoms with E-state index in [-0.39, 0.29) is 28.9 Å². The maximum absolute atomic E-state index is 10.6. The van der Waals surface area contributed by atoms with Crippen LogP contribution in [-0.4, -0.2) is 11.8 Å². The molecule has 0 bridgehead atoms. The minimum absolute atomic E-state index is 0. The van der Waals surface area contributed by atoms with E-state index in [1.165, 1.54) is 13.8 Å². The number of rotatable bonds is 2. The predicted molar refractivity (Wildman–Crippen MR) is 96.0 cm³/mol. The number of benzene rings is 2. The summed E-state index contributed by atoms with van der Waals surface area (Å²) in [5.41, 5.74) is 1.60. The maximum atomic E-state index is 10.6. The van der Waals surface area contributed by atoms with Crippen LogP contribution in [0.25, 0.3) is 0 Å². The topological polar surface area (TPSA) is 58.2 Å². The molecule has 0 aliphatic carbocycles. The van der Waals surface area contributed by atoms with E-state index in [4.69, 9.17) is 0 Å². The van der Waals surface area contributed by atoms with E-state index in [1.807, 2.05) is 48.5 Å². The Morgan fingerprint density at radius 2 is 0.957 bits per heavy atom. The Hall–Kier alpha value is -1.40. The van der Waals surface area contributed by atoms with Crippen molar-refractivity contribution in [2.45, 2.75) is 23.6 Å². The SMILES string of the molecule is CC(=O)Nc1ccc(S)cc1.CC(=O)Nc1ccc(S)cc1.[Cu]. The molecule has 2 amide bonds. The number of hydrogen-bond donors (Lipinski definition) is 4. The summed E-state index contributed by atoms with van der Waals surface area (Å²) in [6, 6.07) is 14.5. The number of carbonyl (C=O) groups excluding carboxylic acids is 2. The number of hydrogen-bond acceptors (Lipinski definition) is 4. The minimum atomic E-state index is -0.0584. The smallest absolute Gasteiger partial charge is 0.221 e. The fourth-order valence-electron chi connectivity index (χ4n) is 1.50. The van der Waals surface area contributed by atoms with Crippen LogP contribution in [0.1, 0.15) is 13.8 Å². The van der Waals surface area contributed by atoms with Gasteiger partial charge in [-0.2, -0.15) is 0 Å². The molecule has 0 aliphatic heterocycles. The van der Waals surface area contributed by atoms with E-state index >= 15 is 0 Å². The maximum Gasteiger partial charge on any atom is 0.221 e. The van der Waals surface area contributed by atoms with E-state index in [1.54, 1.807) is 0 Å². The third-order valence-electron chi connectivity index (χ3n) is 2.38. The first-order valence-corrected chi connectivity index (χ1v) is 7.39. The molecule has 127 valence electrons. The molecule has 7 heteroatoms. The van der Waals surface area contributed by atoms with Crippen molar-refractivity contribution in [2.24, 2.45) is 0 Å². The molecule has 4 nitrogen and oxygen atoms in total. The summed E-state index contributed by atoms with van der Waals surface area (Å²) < 4.78 is 0. The number of carbonyl (C=O) groups is 2. The Morgan fingerprint density at radius 3 is 1.17 bits per heavy atom. The minimum Gasteiger partial charge on any atom is -0.326 e. The van der Waals surface area contributed by atoms with Gasteiger partial charge in [0.2, 0.25) is 11.8 Å². The molecule has 0 heterocycles. The van der Waals surface area contributed by atoms with Crippen molar-refractivity contribution in [2.75, 3.05) is 10.6 Å². The van der Waals surface area contributed by atoms with E-state index < -0.39 is 0 Å². The Labute approximate surface area is 157 Å². The average Bonchev–Trinajstić information content (AvgIpc) is 2.44. The molecule has 0 fully saturated rings. The molecule has 1 radical (unpaired) electrons. The van der Waals surface area contributed by atoms with Gasteiger partial charge in [0.15, 0.2) is 0 Å². The van der Waals surface area contributed by atoms with Gasteiger partial charge in [-0.15, -0.1) is 25.3 Å². The third-order valence-corrected chi connectivity index (χ3v) is 2.97. The predicted octanol–water partition coefficient (Wildman–Crippen LogP) is 3.86. The van der Waals surface area contributed by atoms with Gasteiger partial charge in [-0.1, -0.05) is 0 Å². The van der Waals surface area contributed by atoms with Crippen molar-refractivity contribution in [3.8, 4) is 0 Å². The zero-order valence-electron chi connectivity index (χ0n) is 12.6. The zero-order chi connectivity index (χ0) is 16.5. The number of nitrogens with one attached hydrogen (secondary N) is 2. The molecule has 0 saturated carbocycles. The van der Waals surface area contributed by atoms with Crippen LogP contribution >= 0.6 is 25.3 Å². The molecular formula is C16H18CuN2O2S2. The van der Waals surface area contributed by atoms with Crippen LogP contribution in [0.15, 0.2) is 58.3 Å². The van der Waals surface area contributed by atoms with Gasteiger partial charge in [0.25, 0.3) is 0 Å². The molecule has 23 heavy (non-hydrogen) atoms. The quantitative estimate of drug-likeness (QED) is 0.459. The van der Waals surface area contributed by atoms with E-state index in [9.17, 15) is 9.59 Å². The van der Waals surface area contributed by atoms with Crippen LogP contribution in [0.2, 0.25) is 0 Å². The first-order valence-electron chi connectivity index (χ1n) is 6.50. The van der Waals surface area contributed by atoms with Gasteiger partial charge >= 0.3 is 0 Å². The fourth-order valence-corrected chi connectivity index (χ4v) is 1.79. The second-order valence-electron chi connectivity index (χ2n) is 4.46. The largest absolute Gasteiger partial charge is 0.326 e. The number of thiol groups is 2. The van der Waals surface area contributed by atoms with Crippen molar-refractivity contribution < 1.29 is 26.7 Å². The number of amides is 2. The summed E-state index contributed by atoms with van der Waals surface area (Å²) in [4.78, 5) is 22.9.